The molecule has 2 aliphatic rings. The average Bonchev–Trinajstić information content (AvgIpc) is 2.76. The fraction of sp³-hybridized carbons (Fsp3) is 0.480. The van der Waals surface area contributed by atoms with Crippen LogP contribution in [0.5, 0.6) is 11.5 Å². The van der Waals surface area contributed by atoms with Crippen molar-refractivity contribution < 1.29 is 14.6 Å². The average molecular weight is 409 g/mol. The maximum atomic E-state index is 13.3. The maximum Gasteiger partial charge on any atom is 0.237 e. The van der Waals surface area contributed by atoms with E-state index in [1.807, 2.05) is 19.1 Å². The van der Waals surface area contributed by atoms with Gasteiger partial charge in [0.1, 0.15) is 0 Å². The number of nitrogens with one attached hydrogen (secondary N) is 1. The number of aromatic hydroxyl groups is 1. The zero-order valence-corrected chi connectivity index (χ0v) is 17.8. The molecule has 0 aromatic heterocycles. The third-order valence-electron chi connectivity index (χ3n) is 6.31. The van der Waals surface area contributed by atoms with Gasteiger partial charge in [0, 0.05) is 19.1 Å². The van der Waals surface area contributed by atoms with Gasteiger partial charge in [0.05, 0.1) is 12.6 Å². The van der Waals surface area contributed by atoms with Crippen molar-refractivity contribution in [3.63, 3.8) is 0 Å². The van der Waals surface area contributed by atoms with Gasteiger partial charge in [-0.3, -0.25) is 9.69 Å². The Balaban J connectivity index is 1.54. The summed E-state index contributed by atoms with van der Waals surface area (Å²) in [6.07, 6.45) is 6.59. The van der Waals surface area contributed by atoms with Crippen LogP contribution in [0.3, 0.4) is 0 Å². The number of nitrogens with zero attached hydrogens (tertiary/aromatic N) is 1. The second-order valence-electron chi connectivity index (χ2n) is 8.47. The number of hydrogen-bond donors (Lipinski definition) is 2. The number of amides is 1. The number of carbonyl (C=O) groups excluding carboxylic acids is 1. The number of carbonyl (C=O) groups is 1. The second-order valence-corrected chi connectivity index (χ2v) is 8.47. The molecule has 0 saturated heterocycles. The molecule has 1 fully saturated rings. The van der Waals surface area contributed by atoms with E-state index < -0.39 is 0 Å². The van der Waals surface area contributed by atoms with Gasteiger partial charge in [0.2, 0.25) is 5.91 Å². The lowest BCUT2D eigenvalue weighted by Crippen LogP contribution is -2.52. The molecular weight excluding hydrogens is 376 g/mol. The molecule has 1 atom stereocenters. The molecule has 0 radical (unpaired) electrons. The van der Waals surface area contributed by atoms with Crippen molar-refractivity contribution in [2.75, 3.05) is 6.61 Å². The highest BCUT2D eigenvalue weighted by molar-refractivity contribution is 5.82. The molecule has 1 aliphatic heterocycles. The molecule has 2 N–H and O–H groups in total. The zero-order valence-electron chi connectivity index (χ0n) is 17.8. The van der Waals surface area contributed by atoms with Crippen molar-refractivity contribution in [1.82, 2.24) is 10.2 Å². The largest absolute Gasteiger partial charge is 0.504 e. The van der Waals surface area contributed by atoms with E-state index in [4.69, 9.17) is 4.74 Å². The Morgan fingerprint density at radius 2 is 1.90 bits per heavy atom. The van der Waals surface area contributed by atoms with Gasteiger partial charge in [-0.25, -0.2) is 0 Å². The standard InChI is InChI=1S/C25H32N2O3/c1-2-30-24-14-18(12-13-23(24)28)16-27-17-20-9-7-6-8-19(20)15-22(27)25(29)26-21-10-4-3-5-11-21/h6-9,12-14,21-22,28H,2-5,10-11,15-17H2,1H3,(H,26,29)/t22-/m1/s1. The minimum Gasteiger partial charge on any atom is -0.504 e. The monoisotopic (exact) mass is 408 g/mol. The van der Waals surface area contributed by atoms with Crippen LogP contribution in [0.2, 0.25) is 0 Å². The molecule has 30 heavy (non-hydrogen) atoms. The molecule has 4 rings (SSSR count). The van der Waals surface area contributed by atoms with Crippen molar-refractivity contribution in [3.8, 4) is 11.5 Å². The van der Waals surface area contributed by atoms with E-state index >= 15 is 0 Å². The first-order chi connectivity index (χ1) is 14.6. The first kappa shape index (κ1) is 20.7. The molecule has 0 bridgehead atoms. The maximum absolute atomic E-state index is 13.3. The topological polar surface area (TPSA) is 61.8 Å². The molecule has 1 heterocycles. The van der Waals surface area contributed by atoms with Gasteiger partial charge in [-0.05, 0) is 55.0 Å². The van der Waals surface area contributed by atoms with Crippen LogP contribution in [0, 0.1) is 0 Å². The van der Waals surface area contributed by atoms with Crippen LogP contribution in [0.4, 0.5) is 0 Å². The Hall–Kier alpha value is -2.53. The summed E-state index contributed by atoms with van der Waals surface area (Å²) >= 11 is 0. The molecular formula is C25H32N2O3. The molecule has 0 spiro atoms. The minimum atomic E-state index is -0.189. The predicted octanol–water partition coefficient (Wildman–Crippen LogP) is 4.17. The van der Waals surface area contributed by atoms with E-state index in [1.165, 1.54) is 30.4 Å². The number of phenols is 1. The number of hydrogen-bond acceptors (Lipinski definition) is 4. The molecule has 160 valence electrons. The predicted molar refractivity (Wildman–Crippen MR) is 117 cm³/mol. The van der Waals surface area contributed by atoms with Crippen molar-refractivity contribution in [3.05, 3.63) is 59.2 Å². The lowest BCUT2D eigenvalue weighted by molar-refractivity contribution is -0.128. The van der Waals surface area contributed by atoms with Gasteiger partial charge < -0.3 is 15.2 Å². The number of ether oxygens (including phenoxy) is 1. The van der Waals surface area contributed by atoms with Gasteiger partial charge >= 0.3 is 0 Å². The Morgan fingerprint density at radius 3 is 2.67 bits per heavy atom. The van der Waals surface area contributed by atoms with E-state index in [9.17, 15) is 9.90 Å². The second kappa shape index (κ2) is 9.52. The van der Waals surface area contributed by atoms with Crippen LogP contribution < -0.4 is 10.1 Å². The van der Waals surface area contributed by atoms with E-state index in [-0.39, 0.29) is 17.7 Å². The Morgan fingerprint density at radius 1 is 1.13 bits per heavy atom. The number of rotatable bonds is 6. The number of benzene rings is 2. The zero-order chi connectivity index (χ0) is 20.9. The molecule has 5 nitrogen and oxygen atoms in total. The number of fused-ring (bicyclic) bond motifs is 1. The quantitative estimate of drug-likeness (QED) is 0.753. The van der Waals surface area contributed by atoms with Crippen molar-refractivity contribution in [2.24, 2.45) is 0 Å². The van der Waals surface area contributed by atoms with Crippen LogP contribution in [-0.4, -0.2) is 34.6 Å². The van der Waals surface area contributed by atoms with Crippen LogP contribution in [0.15, 0.2) is 42.5 Å². The summed E-state index contributed by atoms with van der Waals surface area (Å²) in [4.78, 5) is 15.5. The van der Waals surface area contributed by atoms with E-state index in [2.05, 4.69) is 34.5 Å². The Bertz CT molecular complexity index is 876. The Kier molecular flexibility index (Phi) is 6.58. The first-order valence-corrected chi connectivity index (χ1v) is 11.2. The molecule has 1 saturated carbocycles. The summed E-state index contributed by atoms with van der Waals surface area (Å²) in [5.74, 6) is 0.784. The summed E-state index contributed by atoms with van der Waals surface area (Å²) in [5.41, 5.74) is 3.58. The fourth-order valence-corrected chi connectivity index (χ4v) is 4.71. The first-order valence-electron chi connectivity index (χ1n) is 11.2. The van der Waals surface area contributed by atoms with E-state index in [0.29, 0.717) is 24.9 Å². The molecule has 2 aromatic carbocycles. The fourth-order valence-electron chi connectivity index (χ4n) is 4.71. The van der Waals surface area contributed by atoms with Gasteiger partial charge in [0.25, 0.3) is 0 Å². The molecule has 1 amide bonds. The molecule has 0 unspecified atom stereocenters. The minimum absolute atomic E-state index is 0.139. The van der Waals surface area contributed by atoms with Crippen LogP contribution in [0.25, 0.3) is 0 Å². The lowest BCUT2D eigenvalue weighted by Gasteiger charge is -2.37. The van der Waals surface area contributed by atoms with E-state index in [0.717, 1.165) is 31.4 Å². The normalized spacial score (nSPS) is 19.8. The highest BCUT2D eigenvalue weighted by atomic mass is 16.5. The SMILES string of the molecule is CCOc1cc(CN2Cc3ccccc3C[C@@H]2C(=O)NC2CCCCC2)ccc1O. The van der Waals surface area contributed by atoms with Crippen LogP contribution >= 0.6 is 0 Å². The number of phenolic OH excluding ortho intramolecular Hbond substituents is 1. The van der Waals surface area contributed by atoms with Crippen LogP contribution in [0.1, 0.15) is 55.7 Å². The highest BCUT2D eigenvalue weighted by Gasteiger charge is 2.32. The van der Waals surface area contributed by atoms with Gasteiger partial charge in [-0.2, -0.15) is 0 Å². The lowest BCUT2D eigenvalue weighted by atomic mass is 9.91. The summed E-state index contributed by atoms with van der Waals surface area (Å²) in [6.45, 7) is 3.78. The van der Waals surface area contributed by atoms with Gasteiger partial charge in [-0.15, -0.1) is 0 Å². The summed E-state index contributed by atoms with van der Waals surface area (Å²) in [7, 11) is 0. The molecule has 5 heteroatoms. The van der Waals surface area contributed by atoms with Gasteiger partial charge in [-0.1, -0.05) is 49.6 Å². The summed E-state index contributed by atoms with van der Waals surface area (Å²) < 4.78 is 5.55. The van der Waals surface area contributed by atoms with Crippen molar-refractivity contribution in [1.29, 1.82) is 0 Å². The molecule has 1 aliphatic carbocycles. The third-order valence-corrected chi connectivity index (χ3v) is 6.31. The summed E-state index contributed by atoms with van der Waals surface area (Å²) in [6, 6.07) is 14.0. The highest BCUT2D eigenvalue weighted by Crippen LogP contribution is 2.30. The third kappa shape index (κ3) is 4.78. The Labute approximate surface area is 179 Å². The van der Waals surface area contributed by atoms with Crippen LogP contribution in [-0.2, 0) is 24.3 Å². The summed E-state index contributed by atoms with van der Waals surface area (Å²) in [5, 5.41) is 13.4. The molecule has 2 aromatic rings. The van der Waals surface area contributed by atoms with Crippen molar-refractivity contribution in [2.45, 2.75) is 70.6 Å². The van der Waals surface area contributed by atoms with Gasteiger partial charge in [0.15, 0.2) is 11.5 Å². The van der Waals surface area contributed by atoms with E-state index in [1.54, 1.807) is 6.07 Å². The van der Waals surface area contributed by atoms with Crippen molar-refractivity contribution >= 4 is 5.91 Å². The smallest absolute Gasteiger partial charge is 0.237 e.